The molecule has 0 aliphatic heterocycles. The van der Waals surface area contributed by atoms with E-state index in [1.54, 1.807) is 0 Å². The number of ketones is 1. The maximum Gasteiger partial charge on any atom is 0.136 e. The van der Waals surface area contributed by atoms with E-state index >= 15 is 0 Å². The highest BCUT2D eigenvalue weighted by Gasteiger charge is 2.03. The molecule has 0 fully saturated rings. The maximum absolute atomic E-state index is 11.7. The zero-order chi connectivity index (χ0) is 12.3. The Bertz CT molecular complexity index is 240. The van der Waals surface area contributed by atoms with Crippen molar-refractivity contribution in [3.05, 3.63) is 11.6 Å². The minimum absolute atomic E-state index is 0.439. The minimum atomic E-state index is 0.439. The minimum Gasteiger partial charge on any atom is -0.299 e. The molecule has 0 saturated heterocycles. The Balaban J connectivity index is 2.32. The monoisotopic (exact) mass is 236 g/mol. The summed E-state index contributed by atoms with van der Waals surface area (Å²) in [6.07, 6.45) is 16.8. The van der Waals surface area contributed by atoms with Crippen LogP contribution in [0.4, 0.5) is 0 Å². The van der Waals surface area contributed by atoms with Crippen LogP contribution in [0.3, 0.4) is 0 Å². The second-order valence-corrected chi connectivity index (χ2v) is 5.49. The summed E-state index contributed by atoms with van der Waals surface area (Å²) >= 11 is 0. The summed E-state index contributed by atoms with van der Waals surface area (Å²) in [6, 6.07) is 0. The Morgan fingerprint density at radius 1 is 0.824 bits per heavy atom. The molecule has 0 radical (unpaired) electrons. The third-order valence-corrected chi connectivity index (χ3v) is 3.63. The summed E-state index contributed by atoms with van der Waals surface area (Å²) in [5, 5.41) is 0. The molecular weight excluding hydrogens is 208 g/mol. The topological polar surface area (TPSA) is 17.1 Å². The van der Waals surface area contributed by atoms with Crippen LogP contribution in [0, 0.1) is 0 Å². The van der Waals surface area contributed by atoms with Crippen molar-refractivity contribution in [2.75, 3.05) is 0 Å². The summed E-state index contributed by atoms with van der Waals surface area (Å²) in [4.78, 5) is 11.7. The number of rotatable bonds is 0. The highest BCUT2D eigenvalue weighted by atomic mass is 16.1. The van der Waals surface area contributed by atoms with Crippen LogP contribution in [0.15, 0.2) is 11.6 Å². The van der Waals surface area contributed by atoms with Gasteiger partial charge in [-0.25, -0.2) is 0 Å². The van der Waals surface area contributed by atoms with Gasteiger partial charge in [-0.1, -0.05) is 56.6 Å². The van der Waals surface area contributed by atoms with Gasteiger partial charge < -0.3 is 0 Å². The van der Waals surface area contributed by atoms with E-state index in [-0.39, 0.29) is 0 Å². The van der Waals surface area contributed by atoms with E-state index in [0.717, 1.165) is 12.8 Å². The Morgan fingerprint density at radius 3 is 2.00 bits per heavy atom. The normalized spacial score (nSPS) is 22.4. The standard InChI is InChI=1S/C16H28O/c1-15-12-10-8-6-4-2-3-5-7-9-11-13-16(17)14-15/h12H,2-11,13-14H2,1H3. The van der Waals surface area contributed by atoms with E-state index in [1.165, 1.54) is 63.4 Å². The Kier molecular flexibility index (Phi) is 8.04. The molecule has 17 heavy (non-hydrogen) atoms. The predicted octanol–water partition coefficient (Wildman–Crippen LogP) is 5.20. The molecule has 0 saturated carbocycles. The number of hydrogen-bond acceptors (Lipinski definition) is 1. The zero-order valence-electron chi connectivity index (χ0n) is 11.5. The van der Waals surface area contributed by atoms with Gasteiger partial charge in [0.1, 0.15) is 5.78 Å². The average molecular weight is 236 g/mol. The molecule has 0 bridgehead atoms. The average Bonchev–Trinajstić information content (AvgIpc) is 2.30. The third kappa shape index (κ3) is 8.18. The van der Waals surface area contributed by atoms with Crippen molar-refractivity contribution in [3.8, 4) is 0 Å². The van der Waals surface area contributed by atoms with Crippen molar-refractivity contribution in [3.63, 3.8) is 0 Å². The molecular formula is C16H28O. The largest absolute Gasteiger partial charge is 0.299 e. The van der Waals surface area contributed by atoms with Crippen LogP contribution in [0.1, 0.15) is 84.0 Å². The van der Waals surface area contributed by atoms with E-state index in [2.05, 4.69) is 13.0 Å². The van der Waals surface area contributed by atoms with Gasteiger partial charge in [-0.05, 0) is 26.2 Å². The highest BCUT2D eigenvalue weighted by Crippen LogP contribution is 2.15. The lowest BCUT2D eigenvalue weighted by Gasteiger charge is -2.02. The van der Waals surface area contributed by atoms with Gasteiger partial charge in [0.05, 0.1) is 0 Å². The summed E-state index contributed by atoms with van der Waals surface area (Å²) < 4.78 is 0. The molecule has 0 heterocycles. The van der Waals surface area contributed by atoms with Gasteiger partial charge in [-0.2, -0.15) is 0 Å². The molecule has 1 nitrogen and oxygen atoms in total. The van der Waals surface area contributed by atoms with Crippen LogP contribution in [0.5, 0.6) is 0 Å². The molecule has 1 aliphatic rings. The maximum atomic E-state index is 11.7. The van der Waals surface area contributed by atoms with Crippen molar-refractivity contribution in [2.45, 2.75) is 84.0 Å². The first kappa shape index (κ1) is 14.5. The second-order valence-electron chi connectivity index (χ2n) is 5.49. The quantitative estimate of drug-likeness (QED) is 0.528. The lowest BCUT2D eigenvalue weighted by Crippen LogP contribution is -1.98. The molecule has 0 amide bonds. The zero-order valence-corrected chi connectivity index (χ0v) is 11.5. The van der Waals surface area contributed by atoms with Gasteiger partial charge in [-0.15, -0.1) is 0 Å². The molecule has 0 aromatic rings. The first-order chi connectivity index (χ1) is 8.29. The van der Waals surface area contributed by atoms with Gasteiger partial charge in [0, 0.05) is 12.8 Å². The number of allylic oxidation sites excluding steroid dienone is 2. The highest BCUT2D eigenvalue weighted by molar-refractivity contribution is 5.80. The number of hydrogen-bond donors (Lipinski definition) is 0. The third-order valence-electron chi connectivity index (χ3n) is 3.63. The van der Waals surface area contributed by atoms with Crippen LogP contribution in [-0.4, -0.2) is 5.78 Å². The van der Waals surface area contributed by atoms with Gasteiger partial charge in [0.25, 0.3) is 0 Å². The van der Waals surface area contributed by atoms with E-state index < -0.39 is 0 Å². The van der Waals surface area contributed by atoms with Crippen molar-refractivity contribution < 1.29 is 4.79 Å². The van der Waals surface area contributed by atoms with Gasteiger partial charge >= 0.3 is 0 Å². The SMILES string of the molecule is CC1=CCCCCCCCCCCCC(=O)C1. The first-order valence-electron chi connectivity index (χ1n) is 7.46. The van der Waals surface area contributed by atoms with E-state index in [1.807, 2.05) is 0 Å². The van der Waals surface area contributed by atoms with Crippen LogP contribution in [0.2, 0.25) is 0 Å². The molecule has 0 aromatic carbocycles. The summed E-state index contributed by atoms with van der Waals surface area (Å²) in [7, 11) is 0. The van der Waals surface area contributed by atoms with Crippen molar-refractivity contribution >= 4 is 5.78 Å². The molecule has 1 rings (SSSR count). The molecule has 0 aromatic heterocycles. The van der Waals surface area contributed by atoms with E-state index in [4.69, 9.17) is 0 Å². The first-order valence-corrected chi connectivity index (χ1v) is 7.46. The summed E-state index contributed by atoms with van der Waals surface area (Å²) in [6.45, 7) is 2.11. The van der Waals surface area contributed by atoms with E-state index in [0.29, 0.717) is 12.2 Å². The summed E-state index contributed by atoms with van der Waals surface area (Å²) in [5.74, 6) is 0.439. The van der Waals surface area contributed by atoms with Gasteiger partial charge in [0.2, 0.25) is 0 Å². The molecule has 1 heteroatoms. The van der Waals surface area contributed by atoms with Crippen molar-refractivity contribution in [1.82, 2.24) is 0 Å². The smallest absolute Gasteiger partial charge is 0.136 e. The number of carbonyl (C=O) groups excluding carboxylic acids is 1. The Labute approximate surface area is 107 Å². The van der Waals surface area contributed by atoms with Gasteiger partial charge in [0.15, 0.2) is 0 Å². The van der Waals surface area contributed by atoms with Crippen molar-refractivity contribution in [1.29, 1.82) is 0 Å². The fraction of sp³-hybridized carbons (Fsp3) is 0.812. The molecule has 1 aliphatic carbocycles. The number of carbonyl (C=O) groups is 1. The fourth-order valence-electron chi connectivity index (χ4n) is 2.52. The Morgan fingerprint density at radius 2 is 1.35 bits per heavy atom. The fourth-order valence-corrected chi connectivity index (χ4v) is 2.52. The van der Waals surface area contributed by atoms with Crippen LogP contribution in [-0.2, 0) is 4.79 Å². The molecule has 0 unspecified atom stereocenters. The van der Waals surface area contributed by atoms with Crippen LogP contribution in [0.25, 0.3) is 0 Å². The molecule has 0 atom stereocenters. The number of Topliss-reactive ketones (excluding diaryl/α,β-unsaturated/α-hetero) is 1. The van der Waals surface area contributed by atoms with Crippen molar-refractivity contribution in [2.24, 2.45) is 0 Å². The van der Waals surface area contributed by atoms with Crippen LogP contribution < -0.4 is 0 Å². The predicted molar refractivity (Wildman–Crippen MR) is 74.2 cm³/mol. The van der Waals surface area contributed by atoms with Crippen LogP contribution >= 0.6 is 0 Å². The molecule has 0 spiro atoms. The lowest BCUT2D eigenvalue weighted by atomic mass is 10.0. The Hall–Kier alpha value is -0.590. The second kappa shape index (κ2) is 9.44. The summed E-state index contributed by atoms with van der Waals surface area (Å²) in [5.41, 5.74) is 1.28. The molecule has 0 N–H and O–H groups in total. The molecule has 98 valence electrons. The van der Waals surface area contributed by atoms with Gasteiger partial charge in [-0.3, -0.25) is 4.79 Å². The lowest BCUT2D eigenvalue weighted by molar-refractivity contribution is -0.118. The van der Waals surface area contributed by atoms with E-state index in [9.17, 15) is 4.79 Å².